The summed E-state index contributed by atoms with van der Waals surface area (Å²) in [5.74, 6) is 1.35. The van der Waals surface area contributed by atoms with Crippen LogP contribution < -0.4 is 4.74 Å². The number of hydrogen-bond acceptors (Lipinski definition) is 4. The summed E-state index contributed by atoms with van der Waals surface area (Å²) >= 11 is 0. The summed E-state index contributed by atoms with van der Waals surface area (Å²) in [5.41, 5.74) is 4.68. The zero-order valence-electron chi connectivity index (χ0n) is 16.9. The largest absolute Gasteiger partial charge is 0.462 e. The SMILES string of the molecule is CCCc1cccc(-c2ccccc2)c1-c1ncc(O[C@@H](CC)OCC)cn1. The Bertz CT molecular complexity index is 864. The monoisotopic (exact) mass is 376 g/mol. The van der Waals surface area contributed by atoms with Gasteiger partial charge in [0.2, 0.25) is 0 Å². The Morgan fingerprint density at radius 2 is 1.64 bits per heavy atom. The molecule has 0 aliphatic heterocycles. The molecule has 0 saturated carbocycles. The molecule has 0 amide bonds. The van der Waals surface area contributed by atoms with Gasteiger partial charge in [-0.3, -0.25) is 0 Å². The zero-order valence-corrected chi connectivity index (χ0v) is 16.9. The summed E-state index contributed by atoms with van der Waals surface area (Å²) < 4.78 is 11.4. The van der Waals surface area contributed by atoms with E-state index in [-0.39, 0.29) is 6.29 Å². The van der Waals surface area contributed by atoms with Gasteiger partial charge in [-0.2, -0.15) is 0 Å². The maximum absolute atomic E-state index is 5.84. The van der Waals surface area contributed by atoms with E-state index in [0.29, 0.717) is 12.4 Å². The maximum Gasteiger partial charge on any atom is 0.199 e. The minimum Gasteiger partial charge on any atom is -0.462 e. The second kappa shape index (κ2) is 10.00. The standard InChI is InChI=1S/C24H28N2O2/c1-4-11-19-14-10-15-21(18-12-8-7-9-13-18)23(19)24-25-16-20(17-26-24)28-22(5-2)27-6-3/h7-10,12-17,22H,4-6,11H2,1-3H3/t22-/m0/s1. The average molecular weight is 377 g/mol. The predicted molar refractivity (Wildman–Crippen MR) is 113 cm³/mol. The van der Waals surface area contributed by atoms with Crippen molar-refractivity contribution in [3.63, 3.8) is 0 Å². The van der Waals surface area contributed by atoms with Crippen LogP contribution in [-0.2, 0) is 11.2 Å². The van der Waals surface area contributed by atoms with Crippen LogP contribution in [0.5, 0.6) is 5.75 Å². The van der Waals surface area contributed by atoms with Crippen molar-refractivity contribution >= 4 is 0 Å². The summed E-state index contributed by atoms with van der Waals surface area (Å²) in [6.07, 6.45) is 6.03. The molecule has 4 heteroatoms. The fourth-order valence-electron chi connectivity index (χ4n) is 3.28. The van der Waals surface area contributed by atoms with E-state index in [1.165, 1.54) is 11.1 Å². The van der Waals surface area contributed by atoms with E-state index < -0.39 is 0 Å². The highest BCUT2D eigenvalue weighted by Gasteiger charge is 2.15. The lowest BCUT2D eigenvalue weighted by Crippen LogP contribution is -2.19. The van der Waals surface area contributed by atoms with Crippen LogP contribution >= 0.6 is 0 Å². The van der Waals surface area contributed by atoms with Gasteiger partial charge in [-0.05, 0) is 30.0 Å². The normalized spacial score (nSPS) is 12.0. The lowest BCUT2D eigenvalue weighted by molar-refractivity contribution is -0.0769. The Morgan fingerprint density at radius 1 is 0.893 bits per heavy atom. The maximum atomic E-state index is 5.84. The number of aryl methyl sites for hydroxylation is 1. The molecule has 1 heterocycles. The van der Waals surface area contributed by atoms with Gasteiger partial charge in [0.05, 0.1) is 12.4 Å². The number of nitrogens with zero attached hydrogens (tertiary/aromatic N) is 2. The van der Waals surface area contributed by atoms with Crippen LogP contribution in [0.15, 0.2) is 60.9 Å². The van der Waals surface area contributed by atoms with Crippen molar-refractivity contribution in [2.75, 3.05) is 6.61 Å². The van der Waals surface area contributed by atoms with Gasteiger partial charge >= 0.3 is 0 Å². The number of rotatable bonds is 9. The molecule has 0 spiro atoms. The molecule has 0 N–H and O–H groups in total. The molecule has 0 radical (unpaired) electrons. The van der Waals surface area contributed by atoms with Gasteiger partial charge in [0.15, 0.2) is 17.9 Å². The molecule has 0 aliphatic rings. The van der Waals surface area contributed by atoms with Crippen LogP contribution in [0.1, 0.15) is 39.2 Å². The quantitative estimate of drug-likeness (QED) is 0.435. The number of benzene rings is 2. The first kappa shape index (κ1) is 20.0. The number of hydrogen-bond donors (Lipinski definition) is 0. The van der Waals surface area contributed by atoms with E-state index in [9.17, 15) is 0 Å². The smallest absolute Gasteiger partial charge is 0.199 e. The van der Waals surface area contributed by atoms with Gasteiger partial charge in [0.25, 0.3) is 0 Å². The number of ether oxygens (including phenoxy) is 2. The third-order valence-electron chi connectivity index (χ3n) is 4.56. The molecule has 0 aliphatic carbocycles. The molecular formula is C24H28N2O2. The highest BCUT2D eigenvalue weighted by atomic mass is 16.7. The van der Waals surface area contributed by atoms with Gasteiger partial charge in [-0.1, -0.05) is 68.8 Å². The third-order valence-corrected chi connectivity index (χ3v) is 4.56. The fourth-order valence-corrected chi connectivity index (χ4v) is 3.28. The Hall–Kier alpha value is -2.72. The second-order valence-electron chi connectivity index (χ2n) is 6.61. The van der Waals surface area contributed by atoms with E-state index in [2.05, 4.69) is 59.4 Å². The Labute approximate surface area is 167 Å². The van der Waals surface area contributed by atoms with E-state index in [4.69, 9.17) is 9.47 Å². The summed E-state index contributed by atoms with van der Waals surface area (Å²) in [6.45, 7) is 6.79. The minimum atomic E-state index is -0.272. The molecular weight excluding hydrogens is 348 g/mol. The van der Waals surface area contributed by atoms with Crippen molar-refractivity contribution in [3.8, 4) is 28.3 Å². The zero-order chi connectivity index (χ0) is 19.8. The van der Waals surface area contributed by atoms with Crippen molar-refractivity contribution in [3.05, 3.63) is 66.5 Å². The first-order chi connectivity index (χ1) is 13.8. The molecule has 146 valence electrons. The first-order valence-corrected chi connectivity index (χ1v) is 10.0. The van der Waals surface area contributed by atoms with Crippen LogP contribution in [0.3, 0.4) is 0 Å². The van der Waals surface area contributed by atoms with Gasteiger partial charge < -0.3 is 9.47 Å². The molecule has 1 aromatic heterocycles. The summed E-state index contributed by atoms with van der Waals surface area (Å²) in [5, 5.41) is 0. The molecule has 3 rings (SSSR count). The Kier molecular flexibility index (Phi) is 7.15. The Morgan fingerprint density at radius 3 is 2.29 bits per heavy atom. The van der Waals surface area contributed by atoms with Crippen molar-refractivity contribution in [1.29, 1.82) is 0 Å². The van der Waals surface area contributed by atoms with Gasteiger partial charge in [0.1, 0.15) is 0 Å². The average Bonchev–Trinajstić information content (AvgIpc) is 2.75. The molecule has 0 unspecified atom stereocenters. The van der Waals surface area contributed by atoms with Crippen molar-refractivity contribution < 1.29 is 9.47 Å². The summed E-state index contributed by atoms with van der Waals surface area (Å²) in [7, 11) is 0. The van der Waals surface area contributed by atoms with Gasteiger partial charge in [-0.15, -0.1) is 0 Å². The van der Waals surface area contributed by atoms with Gasteiger partial charge in [-0.25, -0.2) is 9.97 Å². The summed E-state index contributed by atoms with van der Waals surface area (Å²) in [4.78, 5) is 9.27. The van der Waals surface area contributed by atoms with Crippen molar-refractivity contribution in [1.82, 2.24) is 9.97 Å². The topological polar surface area (TPSA) is 44.2 Å². The predicted octanol–water partition coefficient (Wildman–Crippen LogP) is 5.91. The second-order valence-corrected chi connectivity index (χ2v) is 6.61. The van der Waals surface area contributed by atoms with E-state index in [1.807, 2.05) is 19.9 Å². The van der Waals surface area contributed by atoms with Crippen molar-refractivity contribution in [2.45, 2.75) is 46.3 Å². The van der Waals surface area contributed by atoms with Gasteiger partial charge in [0, 0.05) is 18.6 Å². The molecule has 1 atom stereocenters. The lowest BCUT2D eigenvalue weighted by Gasteiger charge is -2.17. The minimum absolute atomic E-state index is 0.272. The van der Waals surface area contributed by atoms with E-state index in [1.54, 1.807) is 12.4 Å². The number of aromatic nitrogens is 2. The fraction of sp³-hybridized carbons (Fsp3) is 0.333. The Balaban J connectivity index is 1.98. The molecule has 2 aromatic carbocycles. The molecule has 4 nitrogen and oxygen atoms in total. The molecule has 0 bridgehead atoms. The first-order valence-electron chi connectivity index (χ1n) is 10.0. The molecule has 28 heavy (non-hydrogen) atoms. The van der Waals surface area contributed by atoms with Crippen LogP contribution in [0, 0.1) is 0 Å². The van der Waals surface area contributed by atoms with Crippen LogP contribution in [0.4, 0.5) is 0 Å². The van der Waals surface area contributed by atoms with Crippen LogP contribution in [0.2, 0.25) is 0 Å². The highest BCUT2D eigenvalue weighted by Crippen LogP contribution is 2.34. The summed E-state index contributed by atoms with van der Waals surface area (Å²) in [6, 6.07) is 16.8. The molecule has 0 saturated heterocycles. The van der Waals surface area contributed by atoms with Crippen LogP contribution in [-0.4, -0.2) is 22.9 Å². The van der Waals surface area contributed by atoms with E-state index >= 15 is 0 Å². The lowest BCUT2D eigenvalue weighted by atomic mass is 9.93. The van der Waals surface area contributed by atoms with E-state index in [0.717, 1.165) is 36.2 Å². The molecule has 0 fully saturated rings. The van der Waals surface area contributed by atoms with Crippen LogP contribution in [0.25, 0.3) is 22.5 Å². The molecule has 3 aromatic rings. The third kappa shape index (κ3) is 4.76. The highest BCUT2D eigenvalue weighted by molar-refractivity contribution is 5.82. The van der Waals surface area contributed by atoms with Crippen molar-refractivity contribution in [2.24, 2.45) is 0 Å².